The highest BCUT2D eigenvalue weighted by Gasteiger charge is 2.24. The van der Waals surface area contributed by atoms with Crippen molar-refractivity contribution >= 4 is 11.7 Å². The van der Waals surface area contributed by atoms with E-state index in [4.69, 9.17) is 0 Å². The molecule has 1 aliphatic heterocycles. The normalized spacial score (nSPS) is 15.7. The topological polar surface area (TPSA) is 63.1 Å². The summed E-state index contributed by atoms with van der Waals surface area (Å²) >= 11 is 0. The lowest BCUT2D eigenvalue weighted by Crippen LogP contribution is -2.41. The molecule has 0 unspecified atom stereocenters. The van der Waals surface area contributed by atoms with Crippen molar-refractivity contribution < 1.29 is 4.79 Å². The summed E-state index contributed by atoms with van der Waals surface area (Å²) in [6.45, 7) is 5.58. The van der Waals surface area contributed by atoms with E-state index in [1.165, 1.54) is 5.56 Å². The Hall–Kier alpha value is -2.37. The maximum Gasteiger partial charge on any atom is 0.321 e. The molecular formula is C17H23N5O. The van der Waals surface area contributed by atoms with Gasteiger partial charge in [0.1, 0.15) is 12.2 Å². The van der Waals surface area contributed by atoms with E-state index in [1.54, 1.807) is 6.33 Å². The van der Waals surface area contributed by atoms with Crippen molar-refractivity contribution in [2.45, 2.75) is 39.2 Å². The fourth-order valence-electron chi connectivity index (χ4n) is 3.08. The molecule has 2 aromatic rings. The van der Waals surface area contributed by atoms with Crippen LogP contribution in [0.2, 0.25) is 0 Å². The Bertz CT molecular complexity index is 673. The molecule has 23 heavy (non-hydrogen) atoms. The van der Waals surface area contributed by atoms with Crippen LogP contribution < -0.4 is 5.32 Å². The minimum Gasteiger partial charge on any atom is -0.324 e. The van der Waals surface area contributed by atoms with Crippen LogP contribution in [0.4, 0.5) is 10.5 Å². The number of aryl methyl sites for hydroxylation is 2. The van der Waals surface area contributed by atoms with Gasteiger partial charge >= 0.3 is 6.03 Å². The molecule has 2 heterocycles. The summed E-state index contributed by atoms with van der Waals surface area (Å²) in [5, 5.41) is 11.0. The van der Waals surface area contributed by atoms with Gasteiger partial charge in [-0.2, -0.15) is 0 Å². The number of hydrogen-bond donors (Lipinski definition) is 1. The van der Waals surface area contributed by atoms with Gasteiger partial charge in [0, 0.05) is 24.8 Å². The second-order valence-corrected chi connectivity index (χ2v) is 5.99. The van der Waals surface area contributed by atoms with Crippen LogP contribution in [0.25, 0.3) is 0 Å². The molecule has 3 rings (SSSR count). The van der Waals surface area contributed by atoms with Crippen LogP contribution in [0.5, 0.6) is 0 Å². The summed E-state index contributed by atoms with van der Waals surface area (Å²) in [5.74, 6) is 0.935. The van der Waals surface area contributed by atoms with Crippen LogP contribution in [0.3, 0.4) is 0 Å². The molecule has 1 saturated heterocycles. The van der Waals surface area contributed by atoms with E-state index in [1.807, 2.05) is 30.0 Å². The van der Waals surface area contributed by atoms with Crippen molar-refractivity contribution in [2.24, 2.45) is 0 Å². The van der Waals surface area contributed by atoms with Crippen LogP contribution >= 0.6 is 0 Å². The third kappa shape index (κ3) is 3.52. The summed E-state index contributed by atoms with van der Waals surface area (Å²) in [4.78, 5) is 14.3. The van der Waals surface area contributed by atoms with Crippen LogP contribution in [-0.2, 0) is 6.42 Å². The molecule has 1 N–H and O–H groups in total. The van der Waals surface area contributed by atoms with Crippen LogP contribution in [0.15, 0.2) is 30.6 Å². The van der Waals surface area contributed by atoms with E-state index in [0.717, 1.165) is 43.9 Å². The molecule has 1 aliphatic rings. The first-order valence-electron chi connectivity index (χ1n) is 8.18. The summed E-state index contributed by atoms with van der Waals surface area (Å²) < 4.78 is 2.11. The third-order valence-electron chi connectivity index (χ3n) is 4.48. The second kappa shape index (κ2) is 6.81. The number of piperidine rings is 1. The second-order valence-electron chi connectivity index (χ2n) is 5.99. The van der Waals surface area contributed by atoms with Crippen LogP contribution in [-0.4, -0.2) is 38.8 Å². The number of amides is 2. The molecule has 1 aromatic carbocycles. The molecule has 0 saturated carbocycles. The standard InChI is InChI=1S/C17H23N5O/c1-3-14-5-4-6-15(11-14)19-17(23)21-9-7-16(8-10-21)22-12-18-20-13(22)2/h4-6,11-12,16H,3,7-10H2,1-2H3,(H,19,23). The maximum absolute atomic E-state index is 12.4. The summed E-state index contributed by atoms with van der Waals surface area (Å²) in [5.41, 5.74) is 2.09. The van der Waals surface area contributed by atoms with E-state index >= 15 is 0 Å². The average molecular weight is 313 g/mol. The van der Waals surface area contributed by atoms with Gasteiger partial charge in [0.25, 0.3) is 0 Å². The van der Waals surface area contributed by atoms with Gasteiger partial charge < -0.3 is 14.8 Å². The van der Waals surface area contributed by atoms with Crippen LogP contribution in [0.1, 0.15) is 37.2 Å². The van der Waals surface area contributed by atoms with Gasteiger partial charge in [-0.05, 0) is 43.9 Å². The number of likely N-dealkylation sites (tertiary alicyclic amines) is 1. The van der Waals surface area contributed by atoms with Gasteiger partial charge in [0.15, 0.2) is 0 Å². The maximum atomic E-state index is 12.4. The molecule has 1 aromatic heterocycles. The molecule has 0 atom stereocenters. The third-order valence-corrected chi connectivity index (χ3v) is 4.48. The van der Waals surface area contributed by atoms with Crippen molar-refractivity contribution in [3.05, 3.63) is 42.0 Å². The molecular weight excluding hydrogens is 290 g/mol. The Morgan fingerprint density at radius 2 is 2.13 bits per heavy atom. The number of nitrogens with zero attached hydrogens (tertiary/aromatic N) is 4. The largest absolute Gasteiger partial charge is 0.324 e. The van der Waals surface area contributed by atoms with Gasteiger partial charge in [-0.15, -0.1) is 10.2 Å². The van der Waals surface area contributed by atoms with E-state index in [9.17, 15) is 4.79 Å². The van der Waals surface area contributed by atoms with E-state index in [2.05, 4.69) is 33.1 Å². The Morgan fingerprint density at radius 3 is 2.78 bits per heavy atom. The van der Waals surface area contributed by atoms with Gasteiger partial charge in [0.2, 0.25) is 0 Å². The monoisotopic (exact) mass is 313 g/mol. The summed E-state index contributed by atoms with van der Waals surface area (Å²) in [6.07, 6.45) is 4.61. The first-order chi connectivity index (χ1) is 11.2. The number of carbonyl (C=O) groups is 1. The smallest absolute Gasteiger partial charge is 0.321 e. The minimum atomic E-state index is -0.0165. The molecule has 6 nitrogen and oxygen atoms in total. The number of carbonyl (C=O) groups excluding carboxylic acids is 1. The van der Waals surface area contributed by atoms with Crippen molar-refractivity contribution in [3.63, 3.8) is 0 Å². The lowest BCUT2D eigenvalue weighted by Gasteiger charge is -2.32. The van der Waals surface area contributed by atoms with Gasteiger partial charge in [-0.1, -0.05) is 19.1 Å². The molecule has 6 heteroatoms. The lowest BCUT2D eigenvalue weighted by molar-refractivity contribution is 0.183. The van der Waals surface area contributed by atoms with E-state index in [0.29, 0.717) is 6.04 Å². The Labute approximate surface area is 136 Å². The average Bonchev–Trinajstić information content (AvgIpc) is 3.01. The molecule has 2 amide bonds. The molecule has 0 bridgehead atoms. The van der Waals surface area contributed by atoms with Crippen LogP contribution in [0, 0.1) is 6.92 Å². The number of nitrogens with one attached hydrogen (secondary N) is 1. The number of aromatic nitrogens is 3. The first kappa shape index (κ1) is 15.5. The number of rotatable bonds is 3. The highest BCUT2D eigenvalue weighted by molar-refractivity contribution is 5.89. The molecule has 0 aliphatic carbocycles. The van der Waals surface area contributed by atoms with Gasteiger partial charge in [0.05, 0.1) is 0 Å². The first-order valence-corrected chi connectivity index (χ1v) is 8.18. The molecule has 0 radical (unpaired) electrons. The fraction of sp³-hybridized carbons (Fsp3) is 0.471. The summed E-state index contributed by atoms with van der Waals surface area (Å²) in [7, 11) is 0. The zero-order valence-electron chi connectivity index (χ0n) is 13.7. The van der Waals surface area contributed by atoms with Gasteiger partial charge in [-0.25, -0.2) is 4.79 Å². The van der Waals surface area contributed by atoms with Gasteiger partial charge in [-0.3, -0.25) is 0 Å². The zero-order valence-corrected chi connectivity index (χ0v) is 13.7. The SMILES string of the molecule is CCc1cccc(NC(=O)N2CCC(n3cnnc3C)CC2)c1. The quantitative estimate of drug-likeness (QED) is 0.947. The van der Waals surface area contributed by atoms with E-state index in [-0.39, 0.29) is 6.03 Å². The van der Waals surface area contributed by atoms with E-state index < -0.39 is 0 Å². The summed E-state index contributed by atoms with van der Waals surface area (Å²) in [6, 6.07) is 8.39. The van der Waals surface area contributed by atoms with Crippen molar-refractivity contribution in [1.29, 1.82) is 0 Å². The Morgan fingerprint density at radius 1 is 1.35 bits per heavy atom. The minimum absolute atomic E-state index is 0.0165. The number of urea groups is 1. The molecule has 1 fully saturated rings. The fourth-order valence-corrected chi connectivity index (χ4v) is 3.08. The zero-order chi connectivity index (χ0) is 16.2. The van der Waals surface area contributed by atoms with Crippen molar-refractivity contribution in [1.82, 2.24) is 19.7 Å². The Balaban J connectivity index is 1.57. The number of benzene rings is 1. The molecule has 0 spiro atoms. The van der Waals surface area contributed by atoms with Crippen molar-refractivity contribution in [3.8, 4) is 0 Å². The highest BCUT2D eigenvalue weighted by atomic mass is 16.2. The number of anilines is 1. The predicted octanol–water partition coefficient (Wildman–Crippen LogP) is 3.02. The highest BCUT2D eigenvalue weighted by Crippen LogP contribution is 2.23. The number of hydrogen-bond acceptors (Lipinski definition) is 3. The van der Waals surface area contributed by atoms with Crippen molar-refractivity contribution in [2.75, 3.05) is 18.4 Å². The molecule has 122 valence electrons. The predicted molar refractivity (Wildman–Crippen MR) is 89.4 cm³/mol. The Kier molecular flexibility index (Phi) is 4.60. The lowest BCUT2D eigenvalue weighted by atomic mass is 10.1.